The van der Waals surface area contributed by atoms with Crippen LogP contribution < -0.4 is 0 Å². The molecule has 2 rings (SSSR count). The minimum atomic E-state index is -0.558. The first-order chi connectivity index (χ1) is 8.26. The first kappa shape index (κ1) is 14.0. The summed E-state index contributed by atoms with van der Waals surface area (Å²) in [5.74, 6) is 0.648. The maximum atomic E-state index is 10.2. The molecule has 0 spiro atoms. The zero-order chi connectivity index (χ0) is 13.6. The molecule has 2 N–H and O–H groups in total. The van der Waals surface area contributed by atoms with Crippen LogP contribution >= 0.6 is 0 Å². The maximum absolute atomic E-state index is 10.2. The number of aliphatic hydroxyl groups excluding tert-OH is 1. The van der Waals surface area contributed by atoms with E-state index in [4.69, 9.17) is 4.74 Å². The highest BCUT2D eigenvalue weighted by molar-refractivity contribution is 5.10. The number of rotatable bonds is 5. The van der Waals surface area contributed by atoms with Gasteiger partial charge in [-0.05, 0) is 51.4 Å². The number of hydrogen-bond acceptors (Lipinski definition) is 3. The largest absolute Gasteiger partial charge is 0.390 e. The van der Waals surface area contributed by atoms with Gasteiger partial charge in [-0.15, -0.1) is 0 Å². The molecule has 0 bridgehead atoms. The summed E-state index contributed by atoms with van der Waals surface area (Å²) in [6, 6.07) is 0. The molecule has 2 aliphatic rings. The summed E-state index contributed by atoms with van der Waals surface area (Å²) in [5.41, 5.74) is 0.300. The Kier molecular flexibility index (Phi) is 3.60. The van der Waals surface area contributed by atoms with E-state index in [2.05, 4.69) is 13.5 Å². The van der Waals surface area contributed by atoms with Gasteiger partial charge in [0.05, 0.1) is 18.3 Å². The Balaban J connectivity index is 1.82. The van der Waals surface area contributed by atoms with E-state index in [0.29, 0.717) is 18.9 Å². The van der Waals surface area contributed by atoms with Gasteiger partial charge < -0.3 is 14.9 Å². The highest BCUT2D eigenvalue weighted by Crippen LogP contribution is 2.44. The molecule has 1 saturated carbocycles. The average Bonchev–Trinajstić information content (AvgIpc) is 2.99. The highest BCUT2D eigenvalue weighted by Gasteiger charge is 2.46. The van der Waals surface area contributed by atoms with Crippen molar-refractivity contribution in [1.82, 2.24) is 0 Å². The molecule has 0 amide bonds. The first-order valence-electron chi connectivity index (χ1n) is 6.98. The SMILES string of the molecule is C=C(CC[C@H](O)C1(C)CO1)[C@H]1CC[C@](C)(O)[C@@H]1C. The molecule has 0 radical (unpaired) electrons. The zero-order valence-corrected chi connectivity index (χ0v) is 11.8. The van der Waals surface area contributed by atoms with Gasteiger partial charge in [-0.2, -0.15) is 0 Å². The summed E-state index contributed by atoms with van der Waals surface area (Å²) in [6.07, 6.45) is 3.00. The van der Waals surface area contributed by atoms with E-state index in [0.717, 1.165) is 19.3 Å². The van der Waals surface area contributed by atoms with Crippen molar-refractivity contribution >= 4 is 0 Å². The van der Waals surface area contributed by atoms with Gasteiger partial charge in [0, 0.05) is 0 Å². The lowest BCUT2D eigenvalue weighted by Crippen LogP contribution is -2.30. The molecule has 0 aromatic heterocycles. The van der Waals surface area contributed by atoms with Gasteiger partial charge in [-0.1, -0.05) is 19.1 Å². The van der Waals surface area contributed by atoms with Crippen LogP contribution in [0.2, 0.25) is 0 Å². The lowest BCUT2D eigenvalue weighted by molar-refractivity contribution is 0.0211. The van der Waals surface area contributed by atoms with Crippen LogP contribution in [0, 0.1) is 11.8 Å². The Bertz CT molecular complexity index is 331. The van der Waals surface area contributed by atoms with Crippen molar-refractivity contribution < 1.29 is 14.9 Å². The number of ether oxygens (including phenoxy) is 1. The molecule has 3 heteroatoms. The topological polar surface area (TPSA) is 53.0 Å². The fourth-order valence-electron chi connectivity index (χ4n) is 3.04. The summed E-state index contributed by atoms with van der Waals surface area (Å²) in [7, 11) is 0. The third kappa shape index (κ3) is 2.63. The maximum Gasteiger partial charge on any atom is 0.115 e. The van der Waals surface area contributed by atoms with Crippen LogP contribution in [0.5, 0.6) is 0 Å². The molecule has 1 unspecified atom stereocenters. The monoisotopic (exact) mass is 254 g/mol. The highest BCUT2D eigenvalue weighted by atomic mass is 16.6. The van der Waals surface area contributed by atoms with E-state index in [1.54, 1.807) is 0 Å². The number of hydrogen-bond donors (Lipinski definition) is 2. The van der Waals surface area contributed by atoms with Gasteiger partial charge in [0.1, 0.15) is 5.60 Å². The van der Waals surface area contributed by atoms with Crippen LogP contribution in [0.15, 0.2) is 12.2 Å². The van der Waals surface area contributed by atoms with Crippen molar-refractivity contribution in [2.45, 2.75) is 63.8 Å². The smallest absolute Gasteiger partial charge is 0.115 e. The van der Waals surface area contributed by atoms with E-state index in [9.17, 15) is 10.2 Å². The minimum absolute atomic E-state index is 0.259. The molecule has 5 atom stereocenters. The van der Waals surface area contributed by atoms with Crippen LogP contribution in [-0.2, 0) is 4.74 Å². The average molecular weight is 254 g/mol. The summed E-state index contributed by atoms with van der Waals surface area (Å²) in [5, 5.41) is 20.2. The van der Waals surface area contributed by atoms with Crippen molar-refractivity contribution in [3.63, 3.8) is 0 Å². The Morgan fingerprint density at radius 3 is 2.56 bits per heavy atom. The minimum Gasteiger partial charge on any atom is -0.390 e. The third-order valence-electron chi connectivity index (χ3n) is 5.11. The molecule has 0 aromatic rings. The number of epoxide rings is 1. The Morgan fingerprint density at radius 1 is 1.50 bits per heavy atom. The van der Waals surface area contributed by atoms with E-state index in [1.807, 2.05) is 13.8 Å². The van der Waals surface area contributed by atoms with Gasteiger partial charge in [-0.25, -0.2) is 0 Å². The van der Waals surface area contributed by atoms with Gasteiger partial charge in [0.25, 0.3) is 0 Å². The van der Waals surface area contributed by atoms with Crippen molar-refractivity contribution in [3.05, 3.63) is 12.2 Å². The van der Waals surface area contributed by atoms with Crippen LogP contribution in [-0.4, -0.2) is 34.1 Å². The molecule has 1 aliphatic heterocycles. The Morgan fingerprint density at radius 2 is 2.11 bits per heavy atom. The fraction of sp³-hybridized carbons (Fsp3) is 0.867. The van der Waals surface area contributed by atoms with E-state index in [1.165, 1.54) is 5.57 Å². The molecule has 1 heterocycles. The number of allylic oxidation sites excluding steroid dienone is 1. The quantitative estimate of drug-likeness (QED) is 0.584. The van der Waals surface area contributed by atoms with Crippen LogP contribution in [0.25, 0.3) is 0 Å². The van der Waals surface area contributed by atoms with Crippen molar-refractivity contribution in [3.8, 4) is 0 Å². The molecule has 0 aromatic carbocycles. The standard InChI is InChI=1S/C15H26O3/c1-10(5-6-13(16)15(4)9-18-15)12-7-8-14(3,17)11(12)2/h11-13,16-17H,1,5-9H2,2-4H3/t11-,12-,13+,14+,15?/m1/s1. The first-order valence-corrected chi connectivity index (χ1v) is 6.98. The molecule has 2 fully saturated rings. The van der Waals surface area contributed by atoms with Gasteiger partial charge in [0.15, 0.2) is 0 Å². The third-order valence-corrected chi connectivity index (χ3v) is 5.11. The van der Waals surface area contributed by atoms with Crippen LogP contribution in [0.3, 0.4) is 0 Å². The van der Waals surface area contributed by atoms with Crippen LogP contribution in [0.1, 0.15) is 46.5 Å². The normalized spacial score (nSPS) is 44.9. The Labute approximate surface area is 110 Å². The van der Waals surface area contributed by atoms with Crippen molar-refractivity contribution in [2.75, 3.05) is 6.61 Å². The molecule has 3 nitrogen and oxygen atoms in total. The molecular weight excluding hydrogens is 228 g/mol. The van der Waals surface area contributed by atoms with E-state index in [-0.39, 0.29) is 11.5 Å². The van der Waals surface area contributed by atoms with Crippen LogP contribution in [0.4, 0.5) is 0 Å². The van der Waals surface area contributed by atoms with Crippen molar-refractivity contribution in [1.29, 1.82) is 0 Å². The number of aliphatic hydroxyl groups is 2. The Hall–Kier alpha value is -0.380. The summed E-state index contributed by atoms with van der Waals surface area (Å²) >= 11 is 0. The lowest BCUT2D eigenvalue weighted by atomic mass is 9.83. The molecule has 18 heavy (non-hydrogen) atoms. The van der Waals surface area contributed by atoms with Crippen molar-refractivity contribution in [2.24, 2.45) is 11.8 Å². The van der Waals surface area contributed by atoms with E-state index >= 15 is 0 Å². The second kappa shape index (κ2) is 4.62. The fourth-order valence-corrected chi connectivity index (χ4v) is 3.04. The van der Waals surface area contributed by atoms with E-state index < -0.39 is 11.7 Å². The predicted octanol–water partition coefficient (Wildman–Crippen LogP) is 2.27. The van der Waals surface area contributed by atoms with Gasteiger partial charge in [0.2, 0.25) is 0 Å². The molecule has 1 saturated heterocycles. The summed E-state index contributed by atoms with van der Waals surface area (Å²) in [4.78, 5) is 0. The van der Waals surface area contributed by atoms with Gasteiger partial charge >= 0.3 is 0 Å². The second-order valence-corrected chi connectivity index (χ2v) is 6.61. The van der Waals surface area contributed by atoms with Gasteiger partial charge in [-0.3, -0.25) is 0 Å². The molecule has 1 aliphatic carbocycles. The molecular formula is C15H26O3. The predicted molar refractivity (Wildman–Crippen MR) is 71.2 cm³/mol. The molecule has 104 valence electrons. The lowest BCUT2D eigenvalue weighted by Gasteiger charge is -2.27. The second-order valence-electron chi connectivity index (χ2n) is 6.61. The summed E-state index contributed by atoms with van der Waals surface area (Å²) in [6.45, 7) is 10.8. The zero-order valence-electron chi connectivity index (χ0n) is 11.8. The summed E-state index contributed by atoms with van der Waals surface area (Å²) < 4.78 is 5.25.